The normalized spacial score (nSPS) is 10.6. The third-order valence-corrected chi connectivity index (χ3v) is 4.65. The number of aromatic nitrogens is 2. The van der Waals surface area contributed by atoms with Gasteiger partial charge in [0.15, 0.2) is 12.4 Å². The van der Waals surface area contributed by atoms with Gasteiger partial charge >= 0.3 is 5.97 Å². The zero-order valence-corrected chi connectivity index (χ0v) is 16.5. The molecular formula is C24H17FN2O4. The van der Waals surface area contributed by atoms with Crippen molar-refractivity contribution < 1.29 is 23.2 Å². The second-order valence-corrected chi connectivity index (χ2v) is 6.79. The Kier molecular flexibility index (Phi) is 5.66. The smallest absolute Gasteiger partial charge is 0.339 e. The monoisotopic (exact) mass is 416 g/mol. The molecule has 0 fully saturated rings. The summed E-state index contributed by atoms with van der Waals surface area (Å²) in [6.45, 7) is 1.37. The molecule has 1 heterocycles. The van der Waals surface area contributed by atoms with Gasteiger partial charge in [-0.05, 0) is 24.6 Å². The van der Waals surface area contributed by atoms with Crippen LogP contribution in [0.2, 0.25) is 0 Å². The number of hydrogen-bond acceptors (Lipinski definition) is 6. The standard InChI is InChI=1S/C24H17FN2O4/c1-15-11-12-17(13-20(15)25)23-26-21(31-27-23)14-30-24(29)19-10-6-5-9-18(19)22(28)16-7-3-2-4-8-16/h2-13H,14H2,1H3. The highest BCUT2D eigenvalue weighted by atomic mass is 19.1. The summed E-state index contributed by atoms with van der Waals surface area (Å²) in [6, 6.07) is 19.7. The fourth-order valence-electron chi connectivity index (χ4n) is 2.97. The fourth-order valence-corrected chi connectivity index (χ4v) is 2.97. The summed E-state index contributed by atoms with van der Waals surface area (Å²) in [7, 11) is 0. The lowest BCUT2D eigenvalue weighted by atomic mass is 9.98. The fraction of sp³-hybridized carbons (Fsp3) is 0.0833. The first kappa shape index (κ1) is 20.2. The molecule has 0 amide bonds. The molecule has 0 radical (unpaired) electrons. The van der Waals surface area contributed by atoms with Crippen LogP contribution in [0.4, 0.5) is 4.39 Å². The molecule has 4 aromatic rings. The van der Waals surface area contributed by atoms with Gasteiger partial charge in [0.2, 0.25) is 5.82 Å². The molecule has 0 aliphatic heterocycles. The maximum atomic E-state index is 13.8. The Morgan fingerprint density at radius 3 is 2.42 bits per heavy atom. The molecular weight excluding hydrogens is 399 g/mol. The Hall–Kier alpha value is -4.13. The van der Waals surface area contributed by atoms with Crippen LogP contribution in [0.3, 0.4) is 0 Å². The molecule has 0 aliphatic rings. The van der Waals surface area contributed by atoms with Gasteiger partial charge in [-0.15, -0.1) is 0 Å². The molecule has 0 saturated heterocycles. The Morgan fingerprint density at radius 2 is 1.68 bits per heavy atom. The van der Waals surface area contributed by atoms with Gasteiger partial charge in [0.05, 0.1) is 5.56 Å². The minimum absolute atomic E-state index is 0.0520. The van der Waals surface area contributed by atoms with Crippen LogP contribution in [0.25, 0.3) is 11.4 Å². The maximum absolute atomic E-state index is 13.8. The molecule has 0 spiro atoms. The van der Waals surface area contributed by atoms with Crippen molar-refractivity contribution in [1.82, 2.24) is 10.1 Å². The first-order chi connectivity index (χ1) is 15.0. The van der Waals surface area contributed by atoms with E-state index >= 15 is 0 Å². The second kappa shape index (κ2) is 8.71. The van der Waals surface area contributed by atoms with E-state index in [0.29, 0.717) is 16.7 Å². The molecule has 3 aromatic carbocycles. The van der Waals surface area contributed by atoms with Crippen LogP contribution in [0.1, 0.15) is 37.7 Å². The van der Waals surface area contributed by atoms with Gasteiger partial charge < -0.3 is 9.26 Å². The van der Waals surface area contributed by atoms with Gasteiger partial charge in [0, 0.05) is 16.7 Å². The number of benzene rings is 3. The number of ketones is 1. The number of aryl methyl sites for hydroxylation is 1. The van der Waals surface area contributed by atoms with E-state index in [2.05, 4.69) is 10.1 Å². The largest absolute Gasteiger partial charge is 0.452 e. The molecule has 0 unspecified atom stereocenters. The number of nitrogens with zero attached hydrogens (tertiary/aromatic N) is 2. The van der Waals surface area contributed by atoms with Crippen LogP contribution >= 0.6 is 0 Å². The van der Waals surface area contributed by atoms with Crippen molar-refractivity contribution in [3.8, 4) is 11.4 Å². The van der Waals surface area contributed by atoms with Gasteiger partial charge in [0.25, 0.3) is 5.89 Å². The molecule has 6 nitrogen and oxygen atoms in total. The zero-order valence-electron chi connectivity index (χ0n) is 16.5. The molecule has 4 rings (SSSR count). The summed E-state index contributed by atoms with van der Waals surface area (Å²) in [4.78, 5) is 29.5. The average Bonchev–Trinajstić information content (AvgIpc) is 3.28. The van der Waals surface area contributed by atoms with Crippen LogP contribution in [0, 0.1) is 12.7 Å². The SMILES string of the molecule is Cc1ccc(-c2noc(COC(=O)c3ccccc3C(=O)c3ccccc3)n2)cc1F. The van der Waals surface area contributed by atoms with Crippen molar-refractivity contribution >= 4 is 11.8 Å². The average molecular weight is 416 g/mol. The zero-order chi connectivity index (χ0) is 21.8. The molecule has 0 aliphatic carbocycles. The Balaban J connectivity index is 1.48. The minimum atomic E-state index is -0.694. The minimum Gasteiger partial charge on any atom is -0.452 e. The van der Waals surface area contributed by atoms with E-state index in [1.807, 2.05) is 0 Å². The van der Waals surface area contributed by atoms with Crippen molar-refractivity contribution in [2.45, 2.75) is 13.5 Å². The van der Waals surface area contributed by atoms with Crippen molar-refractivity contribution in [3.05, 3.63) is 107 Å². The van der Waals surface area contributed by atoms with E-state index in [1.165, 1.54) is 12.1 Å². The van der Waals surface area contributed by atoms with Crippen molar-refractivity contribution in [2.24, 2.45) is 0 Å². The van der Waals surface area contributed by atoms with Crippen LogP contribution in [0.15, 0.2) is 77.3 Å². The predicted molar refractivity (Wildman–Crippen MR) is 110 cm³/mol. The summed E-state index contributed by atoms with van der Waals surface area (Å²) in [6.07, 6.45) is 0. The number of halogens is 1. The third-order valence-electron chi connectivity index (χ3n) is 4.65. The highest BCUT2D eigenvalue weighted by Gasteiger charge is 2.20. The predicted octanol–water partition coefficient (Wildman–Crippen LogP) is 4.77. The first-order valence-electron chi connectivity index (χ1n) is 9.48. The molecule has 0 atom stereocenters. The molecule has 31 heavy (non-hydrogen) atoms. The van der Waals surface area contributed by atoms with Crippen LogP contribution in [0.5, 0.6) is 0 Å². The summed E-state index contributed by atoms with van der Waals surface area (Å²) >= 11 is 0. The molecule has 0 bridgehead atoms. The van der Waals surface area contributed by atoms with Crippen LogP contribution in [-0.2, 0) is 11.3 Å². The van der Waals surface area contributed by atoms with Crippen molar-refractivity contribution in [1.29, 1.82) is 0 Å². The number of ether oxygens (including phenoxy) is 1. The Morgan fingerprint density at radius 1 is 0.968 bits per heavy atom. The summed E-state index contributed by atoms with van der Waals surface area (Å²) in [5.41, 5.74) is 1.79. The van der Waals surface area contributed by atoms with Gasteiger partial charge in [-0.25, -0.2) is 9.18 Å². The van der Waals surface area contributed by atoms with E-state index in [-0.39, 0.29) is 41.0 Å². The van der Waals surface area contributed by atoms with Gasteiger partial charge in [-0.1, -0.05) is 65.8 Å². The van der Waals surface area contributed by atoms with Crippen LogP contribution < -0.4 is 0 Å². The van der Waals surface area contributed by atoms with Gasteiger partial charge in [0.1, 0.15) is 5.82 Å². The van der Waals surface area contributed by atoms with Crippen molar-refractivity contribution in [3.63, 3.8) is 0 Å². The molecule has 0 N–H and O–H groups in total. The summed E-state index contributed by atoms with van der Waals surface area (Å²) in [5, 5.41) is 3.80. The van der Waals surface area contributed by atoms with Crippen LogP contribution in [-0.4, -0.2) is 21.9 Å². The van der Waals surface area contributed by atoms with E-state index in [0.717, 1.165) is 0 Å². The quantitative estimate of drug-likeness (QED) is 0.333. The molecule has 154 valence electrons. The molecule has 1 aromatic heterocycles. The summed E-state index contributed by atoms with van der Waals surface area (Å²) in [5.74, 6) is -1.12. The van der Waals surface area contributed by atoms with Gasteiger partial charge in [-0.3, -0.25) is 4.79 Å². The topological polar surface area (TPSA) is 82.3 Å². The third kappa shape index (κ3) is 4.40. The number of hydrogen-bond donors (Lipinski definition) is 0. The molecule has 0 saturated carbocycles. The number of esters is 1. The van der Waals surface area contributed by atoms with Gasteiger partial charge in [-0.2, -0.15) is 4.98 Å². The molecule has 7 heteroatoms. The lowest BCUT2D eigenvalue weighted by Gasteiger charge is -2.08. The Bertz CT molecular complexity index is 1250. The van der Waals surface area contributed by atoms with E-state index in [1.54, 1.807) is 67.6 Å². The van der Waals surface area contributed by atoms with E-state index in [4.69, 9.17) is 9.26 Å². The number of carbonyl (C=O) groups is 2. The highest BCUT2D eigenvalue weighted by molar-refractivity contribution is 6.14. The van der Waals surface area contributed by atoms with E-state index < -0.39 is 5.97 Å². The highest BCUT2D eigenvalue weighted by Crippen LogP contribution is 2.20. The Labute approximate surface area is 177 Å². The van der Waals surface area contributed by atoms with Crippen molar-refractivity contribution in [2.75, 3.05) is 0 Å². The maximum Gasteiger partial charge on any atom is 0.339 e. The lowest BCUT2D eigenvalue weighted by Crippen LogP contribution is -2.12. The first-order valence-corrected chi connectivity index (χ1v) is 9.48. The summed E-state index contributed by atoms with van der Waals surface area (Å²) < 4.78 is 24.1. The number of rotatable bonds is 6. The lowest BCUT2D eigenvalue weighted by molar-refractivity contribution is 0.0427. The second-order valence-electron chi connectivity index (χ2n) is 6.79. The van der Waals surface area contributed by atoms with E-state index in [9.17, 15) is 14.0 Å². The number of carbonyl (C=O) groups excluding carboxylic acids is 2.